The second-order valence-corrected chi connectivity index (χ2v) is 2.78. The summed E-state index contributed by atoms with van der Waals surface area (Å²) < 4.78 is 13.1. The molecule has 0 spiro atoms. The van der Waals surface area contributed by atoms with Crippen LogP contribution in [0.3, 0.4) is 0 Å². The van der Waals surface area contributed by atoms with Crippen molar-refractivity contribution in [1.29, 1.82) is 0 Å². The van der Waals surface area contributed by atoms with Crippen molar-refractivity contribution in [1.82, 2.24) is 0 Å². The fraction of sp³-hybridized carbons (Fsp3) is 0.143. The number of rotatable bonds is 2. The van der Waals surface area contributed by atoms with Gasteiger partial charge in [0.2, 0.25) is 5.82 Å². The zero-order chi connectivity index (χ0) is 11.7. The number of hydrogen-bond donors (Lipinski definition) is 1. The third-order valence-electron chi connectivity index (χ3n) is 1.86. The van der Waals surface area contributed by atoms with Crippen molar-refractivity contribution < 1.29 is 14.2 Å². The van der Waals surface area contributed by atoms with Gasteiger partial charge in [-0.2, -0.15) is 4.39 Å². The number of nitro groups is 2. The summed E-state index contributed by atoms with van der Waals surface area (Å²) in [4.78, 5) is 19.0. The average molecular weight is 215 g/mol. The van der Waals surface area contributed by atoms with Crippen LogP contribution in [0, 0.1) is 33.0 Å². The van der Waals surface area contributed by atoms with E-state index in [-0.39, 0.29) is 5.56 Å². The Morgan fingerprint density at radius 3 is 2.13 bits per heavy atom. The molecule has 1 rings (SSSR count). The summed E-state index contributed by atoms with van der Waals surface area (Å²) in [7, 11) is 0. The van der Waals surface area contributed by atoms with E-state index in [1.54, 1.807) is 0 Å². The maximum absolute atomic E-state index is 13.1. The van der Waals surface area contributed by atoms with Crippen molar-refractivity contribution in [2.75, 3.05) is 5.73 Å². The first-order valence-corrected chi connectivity index (χ1v) is 3.73. The van der Waals surface area contributed by atoms with Crippen molar-refractivity contribution in [3.8, 4) is 0 Å². The van der Waals surface area contributed by atoms with Crippen molar-refractivity contribution in [3.05, 3.63) is 37.7 Å². The molecule has 0 atom stereocenters. The third-order valence-corrected chi connectivity index (χ3v) is 1.86. The van der Waals surface area contributed by atoms with Gasteiger partial charge in [0.25, 0.3) is 0 Å². The molecule has 8 heteroatoms. The average Bonchev–Trinajstić information content (AvgIpc) is 1.99. The molecule has 0 radical (unpaired) electrons. The molecule has 0 aromatic heterocycles. The van der Waals surface area contributed by atoms with Crippen LogP contribution in [0.25, 0.3) is 0 Å². The lowest BCUT2D eigenvalue weighted by Gasteiger charge is -2.02. The van der Waals surface area contributed by atoms with Gasteiger partial charge in [0.1, 0.15) is 11.3 Å². The highest BCUT2D eigenvalue weighted by Gasteiger charge is 2.29. The summed E-state index contributed by atoms with van der Waals surface area (Å²) in [5.74, 6) is -1.18. The van der Waals surface area contributed by atoms with E-state index in [1.165, 1.54) is 0 Å². The van der Waals surface area contributed by atoms with Gasteiger partial charge in [0.15, 0.2) is 0 Å². The van der Waals surface area contributed by atoms with Gasteiger partial charge in [0, 0.05) is 6.07 Å². The molecule has 0 saturated carbocycles. The van der Waals surface area contributed by atoms with Crippen LogP contribution in [0.2, 0.25) is 0 Å². The molecular formula is C7H6FN3O4. The molecule has 80 valence electrons. The smallest absolute Gasteiger partial charge is 0.314 e. The number of hydrogen-bond acceptors (Lipinski definition) is 5. The lowest BCUT2D eigenvalue weighted by molar-refractivity contribution is -0.396. The fourth-order valence-electron chi connectivity index (χ4n) is 1.25. The second kappa shape index (κ2) is 3.48. The molecule has 2 N–H and O–H groups in total. The van der Waals surface area contributed by atoms with Crippen molar-refractivity contribution in [2.45, 2.75) is 6.92 Å². The molecule has 0 saturated heterocycles. The molecule has 0 aliphatic heterocycles. The van der Waals surface area contributed by atoms with E-state index in [2.05, 4.69) is 0 Å². The number of halogens is 1. The zero-order valence-corrected chi connectivity index (χ0v) is 7.56. The Bertz CT molecular complexity index is 422. The van der Waals surface area contributed by atoms with Crippen molar-refractivity contribution >= 4 is 17.1 Å². The van der Waals surface area contributed by atoms with Crippen LogP contribution in [-0.4, -0.2) is 9.85 Å². The molecule has 1 aromatic rings. The second-order valence-electron chi connectivity index (χ2n) is 2.78. The van der Waals surface area contributed by atoms with Crippen molar-refractivity contribution in [2.24, 2.45) is 0 Å². The molecule has 0 bridgehead atoms. The van der Waals surface area contributed by atoms with Gasteiger partial charge in [-0.1, -0.05) is 0 Å². The first-order chi connectivity index (χ1) is 6.86. The van der Waals surface area contributed by atoms with Crippen LogP contribution in [0.5, 0.6) is 0 Å². The molecule has 0 aliphatic rings. The Kier molecular flexibility index (Phi) is 2.51. The van der Waals surface area contributed by atoms with Crippen LogP contribution in [-0.2, 0) is 0 Å². The Balaban J connectivity index is 3.64. The zero-order valence-electron chi connectivity index (χ0n) is 7.56. The quantitative estimate of drug-likeness (QED) is 0.456. The Morgan fingerprint density at radius 1 is 1.27 bits per heavy atom. The highest BCUT2D eigenvalue weighted by atomic mass is 19.1. The molecule has 0 fully saturated rings. The van der Waals surface area contributed by atoms with Crippen LogP contribution in [0.1, 0.15) is 5.56 Å². The number of nitro benzene ring substituents is 2. The summed E-state index contributed by atoms with van der Waals surface area (Å²) >= 11 is 0. The maximum atomic E-state index is 13.1. The minimum Gasteiger partial charge on any atom is -0.393 e. The van der Waals surface area contributed by atoms with Crippen LogP contribution < -0.4 is 5.73 Å². The number of nitrogens with two attached hydrogens (primary N) is 1. The van der Waals surface area contributed by atoms with Gasteiger partial charge < -0.3 is 5.73 Å². The third kappa shape index (κ3) is 1.68. The van der Waals surface area contributed by atoms with Gasteiger partial charge in [-0.15, -0.1) is 0 Å². The van der Waals surface area contributed by atoms with E-state index in [4.69, 9.17) is 5.73 Å². The normalized spacial score (nSPS) is 10.0. The molecule has 0 amide bonds. The molecule has 15 heavy (non-hydrogen) atoms. The Hall–Kier alpha value is -2.25. The van der Waals surface area contributed by atoms with Crippen LogP contribution in [0.15, 0.2) is 6.07 Å². The summed E-state index contributed by atoms with van der Waals surface area (Å²) in [6.45, 7) is 1.08. The lowest BCUT2D eigenvalue weighted by Crippen LogP contribution is -2.04. The lowest BCUT2D eigenvalue weighted by atomic mass is 10.1. The van der Waals surface area contributed by atoms with Gasteiger partial charge >= 0.3 is 11.4 Å². The summed E-state index contributed by atoms with van der Waals surface area (Å²) in [6.07, 6.45) is 0. The number of nitrogen functional groups attached to an aromatic ring is 1. The molecule has 7 nitrogen and oxygen atoms in total. The van der Waals surface area contributed by atoms with Gasteiger partial charge in [-0.3, -0.25) is 20.2 Å². The van der Waals surface area contributed by atoms with Gasteiger partial charge in [-0.25, -0.2) is 0 Å². The summed E-state index contributed by atoms with van der Waals surface area (Å²) in [5.41, 5.74) is 2.81. The standard InChI is InChI=1S/C7H6FN3O4/c1-3-6(10(12)13)4(8)2-5(9)7(3)11(14)15/h2H,9H2,1H3. The molecule has 0 heterocycles. The Morgan fingerprint density at radius 2 is 1.73 bits per heavy atom. The summed E-state index contributed by atoms with van der Waals surface area (Å²) in [5, 5.41) is 20.9. The highest BCUT2D eigenvalue weighted by molar-refractivity contribution is 5.68. The molecule has 0 aliphatic carbocycles. The predicted octanol–water partition coefficient (Wildman–Crippen LogP) is 1.53. The van der Waals surface area contributed by atoms with E-state index < -0.39 is 32.7 Å². The molecular weight excluding hydrogens is 209 g/mol. The van der Waals surface area contributed by atoms with Crippen LogP contribution >= 0.6 is 0 Å². The number of anilines is 1. The first-order valence-electron chi connectivity index (χ1n) is 3.73. The predicted molar refractivity (Wildman–Crippen MR) is 48.9 cm³/mol. The van der Waals surface area contributed by atoms with E-state index in [0.29, 0.717) is 6.07 Å². The largest absolute Gasteiger partial charge is 0.393 e. The fourth-order valence-corrected chi connectivity index (χ4v) is 1.25. The van der Waals surface area contributed by atoms with Gasteiger partial charge in [-0.05, 0) is 6.92 Å². The Labute approximate surface area is 82.6 Å². The molecule has 1 aromatic carbocycles. The van der Waals surface area contributed by atoms with Crippen LogP contribution in [0.4, 0.5) is 21.5 Å². The minimum atomic E-state index is -1.18. The SMILES string of the molecule is Cc1c([N+](=O)[O-])c(N)cc(F)c1[N+](=O)[O-]. The topological polar surface area (TPSA) is 112 Å². The number of benzene rings is 1. The molecule has 0 unspecified atom stereocenters. The van der Waals surface area contributed by atoms with E-state index >= 15 is 0 Å². The monoisotopic (exact) mass is 215 g/mol. The van der Waals surface area contributed by atoms with E-state index in [0.717, 1.165) is 6.92 Å². The van der Waals surface area contributed by atoms with E-state index in [9.17, 15) is 24.6 Å². The van der Waals surface area contributed by atoms with Gasteiger partial charge in [0.05, 0.1) is 9.85 Å². The first kappa shape index (κ1) is 10.8. The van der Waals surface area contributed by atoms with Crippen molar-refractivity contribution in [3.63, 3.8) is 0 Å². The van der Waals surface area contributed by atoms with E-state index in [1.807, 2.05) is 0 Å². The summed E-state index contributed by atoms with van der Waals surface area (Å²) in [6, 6.07) is 0.573. The minimum absolute atomic E-state index is 0.387. The highest BCUT2D eigenvalue weighted by Crippen LogP contribution is 2.34. The number of nitrogens with zero attached hydrogens (tertiary/aromatic N) is 2. The maximum Gasteiger partial charge on any atom is 0.314 e.